The summed E-state index contributed by atoms with van der Waals surface area (Å²) in [6.07, 6.45) is -1.51. The van der Waals surface area contributed by atoms with E-state index in [1.54, 1.807) is 6.07 Å². The molecule has 1 atom stereocenters. The molecular weight excluding hydrogens is 248 g/mol. The van der Waals surface area contributed by atoms with Gasteiger partial charge in [-0.15, -0.1) is 0 Å². The van der Waals surface area contributed by atoms with Gasteiger partial charge in [0.2, 0.25) is 0 Å². The first-order valence-corrected chi connectivity index (χ1v) is 5.20. The lowest BCUT2D eigenvalue weighted by atomic mass is 10.0. The number of aliphatic hydroxyl groups is 1. The van der Waals surface area contributed by atoms with Crippen LogP contribution in [-0.4, -0.2) is 27.3 Å². The number of rotatable bonds is 5. The van der Waals surface area contributed by atoms with Gasteiger partial charge in [-0.05, 0) is 18.1 Å². The van der Waals surface area contributed by atoms with Crippen molar-refractivity contribution in [1.82, 2.24) is 0 Å². The topological polar surface area (TPSA) is 94.8 Å². The number of carbonyl (C=O) groups is 2. The molecule has 0 amide bonds. The number of halogens is 1. The SMILES string of the molecule is O=C(O)CCc1ccc(Cl)c(C(O)C(=O)O)c1. The van der Waals surface area contributed by atoms with Crippen molar-refractivity contribution in [1.29, 1.82) is 0 Å². The van der Waals surface area contributed by atoms with E-state index in [1.807, 2.05) is 0 Å². The minimum atomic E-state index is -1.70. The zero-order chi connectivity index (χ0) is 13.0. The Balaban J connectivity index is 2.94. The highest BCUT2D eigenvalue weighted by atomic mass is 35.5. The fourth-order valence-corrected chi connectivity index (χ4v) is 1.56. The largest absolute Gasteiger partial charge is 0.481 e. The molecule has 92 valence electrons. The molecule has 0 aliphatic rings. The number of aliphatic carboxylic acids is 2. The van der Waals surface area contributed by atoms with Crippen LogP contribution in [0.15, 0.2) is 18.2 Å². The maximum atomic E-state index is 10.6. The first kappa shape index (κ1) is 13.5. The van der Waals surface area contributed by atoms with E-state index in [1.165, 1.54) is 12.1 Å². The van der Waals surface area contributed by atoms with E-state index in [4.69, 9.17) is 21.8 Å². The van der Waals surface area contributed by atoms with Gasteiger partial charge < -0.3 is 15.3 Å². The van der Waals surface area contributed by atoms with E-state index in [-0.39, 0.29) is 23.4 Å². The van der Waals surface area contributed by atoms with E-state index >= 15 is 0 Å². The predicted octanol–water partition coefficient (Wildman–Crippen LogP) is 1.48. The minimum Gasteiger partial charge on any atom is -0.481 e. The van der Waals surface area contributed by atoms with E-state index in [9.17, 15) is 14.7 Å². The van der Waals surface area contributed by atoms with Crippen LogP contribution in [0.3, 0.4) is 0 Å². The number of benzene rings is 1. The van der Waals surface area contributed by atoms with Crippen molar-refractivity contribution < 1.29 is 24.9 Å². The van der Waals surface area contributed by atoms with Crippen LogP contribution in [0.25, 0.3) is 0 Å². The third-order valence-electron chi connectivity index (χ3n) is 2.22. The number of carboxylic acid groups (broad SMARTS) is 2. The van der Waals surface area contributed by atoms with E-state index in [0.29, 0.717) is 5.56 Å². The Kier molecular flexibility index (Phi) is 4.48. The summed E-state index contributed by atoms with van der Waals surface area (Å²) in [5, 5.41) is 26.7. The quantitative estimate of drug-likeness (QED) is 0.743. The van der Waals surface area contributed by atoms with Gasteiger partial charge in [0.1, 0.15) is 0 Å². The van der Waals surface area contributed by atoms with Crippen LogP contribution in [0.5, 0.6) is 0 Å². The Morgan fingerprint density at radius 3 is 2.47 bits per heavy atom. The second-order valence-corrected chi connectivity index (χ2v) is 3.90. The minimum absolute atomic E-state index is 0.0652. The fraction of sp³-hybridized carbons (Fsp3) is 0.273. The van der Waals surface area contributed by atoms with Gasteiger partial charge in [-0.1, -0.05) is 23.7 Å². The second kappa shape index (κ2) is 5.65. The molecule has 0 aromatic heterocycles. The number of carboxylic acids is 2. The number of aryl methyl sites for hydroxylation is 1. The van der Waals surface area contributed by atoms with Gasteiger partial charge in [-0.25, -0.2) is 4.79 Å². The molecule has 0 fully saturated rings. The Hall–Kier alpha value is -1.59. The Morgan fingerprint density at radius 1 is 1.29 bits per heavy atom. The average Bonchev–Trinajstić information content (AvgIpc) is 2.26. The molecule has 17 heavy (non-hydrogen) atoms. The highest BCUT2D eigenvalue weighted by Gasteiger charge is 2.19. The summed E-state index contributed by atoms with van der Waals surface area (Å²) in [6, 6.07) is 4.45. The normalized spacial score (nSPS) is 12.1. The molecule has 6 heteroatoms. The molecule has 0 saturated carbocycles. The second-order valence-electron chi connectivity index (χ2n) is 3.49. The number of aliphatic hydroxyl groups excluding tert-OH is 1. The van der Waals surface area contributed by atoms with Crippen molar-refractivity contribution in [3.8, 4) is 0 Å². The van der Waals surface area contributed by atoms with Crippen LogP contribution in [0, 0.1) is 0 Å². The molecule has 1 rings (SSSR count). The third kappa shape index (κ3) is 3.72. The standard InChI is InChI=1S/C11H11ClO5/c12-8-3-1-6(2-4-9(13)14)5-7(8)10(15)11(16)17/h1,3,5,10,15H,2,4H2,(H,13,14)(H,16,17). The van der Waals surface area contributed by atoms with Gasteiger partial charge in [0, 0.05) is 17.0 Å². The Labute approximate surface area is 102 Å². The van der Waals surface area contributed by atoms with Gasteiger partial charge in [0.25, 0.3) is 0 Å². The highest BCUT2D eigenvalue weighted by Crippen LogP contribution is 2.25. The van der Waals surface area contributed by atoms with Gasteiger partial charge in [0.05, 0.1) is 0 Å². The summed E-state index contributed by atoms with van der Waals surface area (Å²) in [5.74, 6) is -2.34. The molecular formula is C11H11ClO5. The first-order valence-electron chi connectivity index (χ1n) is 4.83. The lowest BCUT2D eigenvalue weighted by Gasteiger charge is -2.10. The lowest BCUT2D eigenvalue weighted by molar-refractivity contribution is -0.147. The maximum Gasteiger partial charge on any atom is 0.337 e. The molecule has 5 nitrogen and oxygen atoms in total. The molecule has 1 aromatic carbocycles. The summed E-state index contributed by atoms with van der Waals surface area (Å²) >= 11 is 5.76. The molecule has 0 aliphatic heterocycles. The van der Waals surface area contributed by atoms with Crippen molar-refractivity contribution in [2.24, 2.45) is 0 Å². The van der Waals surface area contributed by atoms with E-state index < -0.39 is 18.0 Å². The van der Waals surface area contributed by atoms with Gasteiger partial charge >= 0.3 is 11.9 Å². The molecule has 1 aromatic rings. The third-order valence-corrected chi connectivity index (χ3v) is 2.56. The van der Waals surface area contributed by atoms with Crippen molar-refractivity contribution in [3.05, 3.63) is 34.3 Å². The molecule has 0 spiro atoms. The van der Waals surface area contributed by atoms with Crippen molar-refractivity contribution in [2.75, 3.05) is 0 Å². The van der Waals surface area contributed by atoms with Gasteiger partial charge in [-0.2, -0.15) is 0 Å². The van der Waals surface area contributed by atoms with Gasteiger partial charge in [-0.3, -0.25) is 4.79 Å². The van der Waals surface area contributed by atoms with Gasteiger partial charge in [0.15, 0.2) is 6.10 Å². The summed E-state index contributed by atoms with van der Waals surface area (Å²) in [7, 11) is 0. The van der Waals surface area contributed by atoms with Crippen LogP contribution >= 0.6 is 11.6 Å². The predicted molar refractivity (Wildman–Crippen MR) is 60.0 cm³/mol. The lowest BCUT2D eigenvalue weighted by Crippen LogP contribution is -2.11. The molecule has 0 bridgehead atoms. The van der Waals surface area contributed by atoms with Crippen molar-refractivity contribution in [2.45, 2.75) is 18.9 Å². The Morgan fingerprint density at radius 2 is 1.94 bits per heavy atom. The smallest absolute Gasteiger partial charge is 0.337 e. The summed E-state index contributed by atoms with van der Waals surface area (Å²) in [4.78, 5) is 21.0. The number of hydrogen-bond acceptors (Lipinski definition) is 3. The highest BCUT2D eigenvalue weighted by molar-refractivity contribution is 6.31. The molecule has 0 aliphatic carbocycles. The van der Waals surface area contributed by atoms with Crippen molar-refractivity contribution >= 4 is 23.5 Å². The fourth-order valence-electron chi connectivity index (χ4n) is 1.34. The molecule has 3 N–H and O–H groups in total. The van der Waals surface area contributed by atoms with Crippen LogP contribution < -0.4 is 0 Å². The van der Waals surface area contributed by atoms with Crippen LogP contribution in [0.1, 0.15) is 23.7 Å². The summed E-state index contributed by atoms with van der Waals surface area (Å²) < 4.78 is 0. The van der Waals surface area contributed by atoms with Crippen LogP contribution in [-0.2, 0) is 16.0 Å². The number of hydrogen-bond donors (Lipinski definition) is 3. The van der Waals surface area contributed by atoms with Crippen LogP contribution in [0.2, 0.25) is 5.02 Å². The summed E-state index contributed by atoms with van der Waals surface area (Å²) in [5.41, 5.74) is 0.689. The zero-order valence-corrected chi connectivity index (χ0v) is 9.52. The first-order chi connectivity index (χ1) is 7.91. The molecule has 0 heterocycles. The molecule has 0 radical (unpaired) electrons. The maximum absolute atomic E-state index is 10.6. The average molecular weight is 259 g/mol. The Bertz CT molecular complexity index is 443. The zero-order valence-electron chi connectivity index (χ0n) is 8.76. The molecule has 0 saturated heterocycles. The summed E-state index contributed by atoms with van der Waals surface area (Å²) in [6.45, 7) is 0. The molecule has 1 unspecified atom stereocenters. The van der Waals surface area contributed by atoms with Crippen molar-refractivity contribution in [3.63, 3.8) is 0 Å². The monoisotopic (exact) mass is 258 g/mol. The van der Waals surface area contributed by atoms with Crippen LogP contribution in [0.4, 0.5) is 0 Å². The van der Waals surface area contributed by atoms with E-state index in [0.717, 1.165) is 0 Å². The van der Waals surface area contributed by atoms with E-state index in [2.05, 4.69) is 0 Å².